The maximum Gasteiger partial charge on any atom is 0.478 e. The number of ketones is 2. The number of imidazole rings is 2. The van der Waals surface area contributed by atoms with E-state index in [1.54, 1.807) is 0 Å². The van der Waals surface area contributed by atoms with Crippen molar-refractivity contribution in [2.24, 2.45) is 0 Å². The second kappa shape index (κ2) is 13.0. The molecule has 46 heavy (non-hydrogen) atoms. The smallest absolute Gasteiger partial charge is 0.287 e. The van der Waals surface area contributed by atoms with E-state index < -0.39 is 87.7 Å². The Hall–Kier alpha value is -6.46. The van der Waals surface area contributed by atoms with Gasteiger partial charge >= 0.3 is 16.5 Å². The molecule has 0 saturated heterocycles. The molecule has 0 radical (unpaired) electrons. The Bertz CT molecular complexity index is 1910. The maximum atomic E-state index is 13.4. The summed E-state index contributed by atoms with van der Waals surface area (Å²) in [6.07, 6.45) is 5.12. The van der Waals surface area contributed by atoms with Gasteiger partial charge in [-0.25, -0.2) is 27.9 Å². The van der Waals surface area contributed by atoms with E-state index in [0.29, 0.717) is 18.3 Å². The summed E-state index contributed by atoms with van der Waals surface area (Å²) in [5, 5.41) is -0.526. The summed E-state index contributed by atoms with van der Waals surface area (Å²) in [5.41, 5.74) is -4.49. The highest BCUT2D eigenvalue weighted by Gasteiger charge is 2.34. The molecule has 0 aliphatic carbocycles. The van der Waals surface area contributed by atoms with Crippen molar-refractivity contribution in [3.63, 3.8) is 0 Å². The average Bonchev–Trinajstić information content (AvgIpc) is 3.49. The number of carbonyl (C=O) groups is 6. The van der Waals surface area contributed by atoms with Crippen molar-refractivity contribution in [2.75, 3.05) is 0 Å². The minimum absolute atomic E-state index is 0.00855. The van der Waals surface area contributed by atoms with Gasteiger partial charge in [0, 0.05) is 63.6 Å². The first-order chi connectivity index (χ1) is 21.8. The lowest BCUT2D eigenvalue weighted by atomic mass is 10.1. The molecule has 0 aliphatic heterocycles. The third kappa shape index (κ3) is 5.98. The summed E-state index contributed by atoms with van der Waals surface area (Å²) in [5.74, 6) is -5.41. The summed E-state index contributed by atoms with van der Waals surface area (Å²) < 4.78 is 1.84. The second-order valence-corrected chi connectivity index (χ2v) is 9.47. The van der Waals surface area contributed by atoms with Gasteiger partial charge in [-0.05, 0) is 24.3 Å². The minimum Gasteiger partial charge on any atom is -0.287 e. The van der Waals surface area contributed by atoms with Crippen LogP contribution in [0.1, 0.15) is 90.4 Å². The Morgan fingerprint density at radius 1 is 0.587 bits per heavy atom. The highest BCUT2D eigenvalue weighted by Crippen LogP contribution is 2.18. The van der Waals surface area contributed by atoms with Crippen molar-refractivity contribution >= 4 is 35.2 Å². The number of aromatic nitrogens is 6. The molecule has 0 N–H and O–H groups in total. The predicted octanol–water partition coefficient (Wildman–Crippen LogP) is 0.848. The molecular formula is C28H24N7O11+. The second-order valence-electron chi connectivity index (χ2n) is 9.47. The van der Waals surface area contributed by atoms with Crippen molar-refractivity contribution in [3.05, 3.63) is 109 Å². The molecule has 0 aromatic carbocycles. The minimum atomic E-state index is -1.19. The van der Waals surface area contributed by atoms with E-state index >= 15 is 0 Å². The van der Waals surface area contributed by atoms with Crippen LogP contribution >= 0.6 is 0 Å². The quantitative estimate of drug-likeness (QED) is 0.175. The highest BCUT2D eigenvalue weighted by molar-refractivity contribution is 6.11. The Labute approximate surface area is 256 Å². The fourth-order valence-corrected chi connectivity index (χ4v) is 4.60. The van der Waals surface area contributed by atoms with Gasteiger partial charge in [-0.15, -0.1) is 0 Å². The number of pyridine rings is 2. The molecular weight excluding hydrogens is 610 g/mol. The SMILES string of the molecule is CC(=O)n1c(CO[N+](=O)OCc2c(C(=O)c3ccncc3)n(C(C)=O)c(=O)n2C(C)=O)c(C(=O)c2ccncc2)n(C(C)=O)c1=O. The summed E-state index contributed by atoms with van der Waals surface area (Å²) in [6, 6.07) is 5.18. The molecule has 0 atom stereocenters. The monoisotopic (exact) mass is 634 g/mol. The van der Waals surface area contributed by atoms with Gasteiger partial charge in [0.25, 0.3) is 0 Å². The average molecular weight is 635 g/mol. The molecule has 4 aromatic rings. The fourth-order valence-electron chi connectivity index (χ4n) is 4.60. The lowest BCUT2D eigenvalue weighted by Gasteiger charge is -2.07. The van der Waals surface area contributed by atoms with Crippen LogP contribution in [-0.2, 0) is 22.9 Å². The Morgan fingerprint density at radius 3 is 1.17 bits per heavy atom. The van der Waals surface area contributed by atoms with Gasteiger partial charge in [-0.1, -0.05) is 0 Å². The zero-order chi connectivity index (χ0) is 33.9. The van der Waals surface area contributed by atoms with Crippen LogP contribution in [-0.4, -0.2) is 68.5 Å². The standard InChI is InChI=1S/C28H24N7O11/c1-15(36)31-21(23(33(17(3)38)27(31)42)25(40)19-5-9-29-10-6-19)13-45-35(44)46-14-22-24(26(41)20-7-11-30-12-8-20)34(18(4)39)28(43)32(22)16(2)37/h5-12H,13-14H2,1-4H3/q+1. The molecule has 18 nitrogen and oxygen atoms in total. The normalized spacial score (nSPS) is 10.7. The first-order valence-electron chi connectivity index (χ1n) is 13.2. The van der Waals surface area contributed by atoms with Crippen LogP contribution in [0.25, 0.3) is 0 Å². The zero-order valence-corrected chi connectivity index (χ0v) is 24.7. The van der Waals surface area contributed by atoms with Gasteiger partial charge in [0.1, 0.15) is 27.7 Å². The molecule has 0 unspecified atom stereocenters. The third-order valence-corrected chi connectivity index (χ3v) is 6.49. The molecule has 0 saturated carbocycles. The fraction of sp³-hybridized carbons (Fsp3) is 0.214. The Balaban J connectivity index is 1.71. The molecule has 0 amide bonds. The van der Waals surface area contributed by atoms with Crippen LogP contribution in [0.2, 0.25) is 0 Å². The first-order valence-corrected chi connectivity index (χ1v) is 13.2. The van der Waals surface area contributed by atoms with E-state index in [1.165, 1.54) is 49.1 Å². The summed E-state index contributed by atoms with van der Waals surface area (Å²) >= 11 is 0. The molecule has 0 spiro atoms. The van der Waals surface area contributed by atoms with Gasteiger partial charge in [0.05, 0.1) is 0 Å². The summed E-state index contributed by atoms with van der Waals surface area (Å²) in [7, 11) is 0. The zero-order valence-electron chi connectivity index (χ0n) is 24.7. The molecule has 4 aromatic heterocycles. The van der Waals surface area contributed by atoms with Gasteiger partial charge < -0.3 is 0 Å². The third-order valence-electron chi connectivity index (χ3n) is 6.49. The Kier molecular flexibility index (Phi) is 9.20. The van der Waals surface area contributed by atoms with Gasteiger partial charge in [-0.2, -0.15) is 9.68 Å². The van der Waals surface area contributed by atoms with Crippen LogP contribution in [0.15, 0.2) is 58.6 Å². The molecule has 4 rings (SSSR count). The number of nitrogens with zero attached hydrogens (tertiary/aromatic N) is 7. The van der Waals surface area contributed by atoms with E-state index in [-0.39, 0.29) is 11.1 Å². The van der Waals surface area contributed by atoms with Crippen LogP contribution < -0.4 is 11.4 Å². The lowest BCUT2D eigenvalue weighted by Crippen LogP contribution is -2.32. The van der Waals surface area contributed by atoms with Gasteiger partial charge in [0.15, 0.2) is 0 Å². The highest BCUT2D eigenvalue weighted by atomic mass is 17.0. The molecule has 0 fully saturated rings. The van der Waals surface area contributed by atoms with Crippen LogP contribution in [0, 0.1) is 4.91 Å². The van der Waals surface area contributed by atoms with E-state index in [2.05, 4.69) is 9.97 Å². The van der Waals surface area contributed by atoms with Gasteiger partial charge in [0.2, 0.25) is 48.4 Å². The van der Waals surface area contributed by atoms with Crippen molar-refractivity contribution in [1.82, 2.24) is 28.2 Å². The first kappa shape index (κ1) is 32.5. The van der Waals surface area contributed by atoms with E-state index in [1.807, 2.05) is 0 Å². The summed E-state index contributed by atoms with van der Waals surface area (Å²) in [6.45, 7) is 1.97. The summed E-state index contributed by atoms with van der Waals surface area (Å²) in [4.78, 5) is 133. The molecule has 0 aliphatic rings. The largest absolute Gasteiger partial charge is 0.478 e. The van der Waals surface area contributed by atoms with Crippen LogP contribution in [0.5, 0.6) is 0 Å². The number of rotatable bonds is 10. The molecule has 18 heteroatoms. The van der Waals surface area contributed by atoms with Crippen molar-refractivity contribution in [2.45, 2.75) is 40.9 Å². The van der Waals surface area contributed by atoms with Crippen LogP contribution in [0.4, 0.5) is 0 Å². The van der Waals surface area contributed by atoms with Crippen molar-refractivity contribution in [3.8, 4) is 0 Å². The van der Waals surface area contributed by atoms with E-state index in [4.69, 9.17) is 9.68 Å². The number of hydrogen-bond acceptors (Lipinski definition) is 13. The van der Waals surface area contributed by atoms with Crippen LogP contribution in [0.3, 0.4) is 0 Å². The van der Waals surface area contributed by atoms with Crippen molar-refractivity contribution < 1.29 is 43.5 Å². The topological polar surface area (TPSA) is 221 Å². The van der Waals surface area contributed by atoms with Gasteiger partial charge in [-0.3, -0.25) is 38.7 Å². The van der Waals surface area contributed by atoms with Crippen molar-refractivity contribution in [1.29, 1.82) is 0 Å². The van der Waals surface area contributed by atoms with E-state index in [9.17, 15) is 43.3 Å². The molecule has 4 heterocycles. The molecule has 236 valence electrons. The maximum absolute atomic E-state index is 13.4. The van der Waals surface area contributed by atoms with E-state index in [0.717, 1.165) is 27.7 Å². The molecule has 0 bridgehead atoms. The lowest BCUT2D eigenvalue weighted by molar-refractivity contribution is -0.988. The Morgan fingerprint density at radius 2 is 0.891 bits per heavy atom. The predicted molar refractivity (Wildman–Crippen MR) is 151 cm³/mol. The number of hydrogen-bond donors (Lipinski definition) is 0. The number of carbonyl (C=O) groups excluding carboxylic acids is 6.